The molecule has 1 amide bonds. The molecule has 2 rings (SSSR count). The maximum absolute atomic E-state index is 12.6. The summed E-state index contributed by atoms with van der Waals surface area (Å²) in [4.78, 5) is 17.0. The van der Waals surface area contributed by atoms with Gasteiger partial charge < -0.3 is 15.0 Å². The van der Waals surface area contributed by atoms with Crippen molar-refractivity contribution in [2.75, 3.05) is 45.9 Å². The lowest BCUT2D eigenvalue weighted by atomic mass is 9.92. The maximum atomic E-state index is 12.6. The minimum atomic E-state index is -0.167. The van der Waals surface area contributed by atoms with Crippen LogP contribution in [0.3, 0.4) is 0 Å². The molecule has 0 aromatic rings. The highest BCUT2D eigenvalue weighted by Crippen LogP contribution is 2.19. The van der Waals surface area contributed by atoms with Gasteiger partial charge in [-0.25, -0.2) is 0 Å². The number of rotatable bonds is 3. The maximum Gasteiger partial charge on any atom is 0.242 e. The van der Waals surface area contributed by atoms with Crippen molar-refractivity contribution in [3.63, 3.8) is 0 Å². The normalized spacial score (nSPS) is 28.7. The van der Waals surface area contributed by atoms with Gasteiger partial charge in [-0.05, 0) is 25.3 Å². The van der Waals surface area contributed by atoms with Crippen molar-refractivity contribution >= 4 is 5.91 Å². The number of piperazine rings is 1. The Kier molecular flexibility index (Phi) is 5.63. The SMILES string of the molecule is C[C@H]1OCCN[C@@H]1C(=O)N1CCN(CCC(C)(C)C)CC1. The van der Waals surface area contributed by atoms with Gasteiger partial charge in [0.05, 0.1) is 12.7 Å². The van der Waals surface area contributed by atoms with Crippen molar-refractivity contribution in [3.05, 3.63) is 0 Å². The van der Waals surface area contributed by atoms with Gasteiger partial charge in [0.25, 0.3) is 0 Å². The highest BCUT2D eigenvalue weighted by atomic mass is 16.5. The number of hydrogen-bond acceptors (Lipinski definition) is 4. The zero-order valence-corrected chi connectivity index (χ0v) is 14.0. The molecule has 2 aliphatic heterocycles. The lowest BCUT2D eigenvalue weighted by Crippen LogP contribution is -2.59. The first-order chi connectivity index (χ1) is 9.87. The minimum absolute atomic E-state index is 0.0230. The predicted molar refractivity (Wildman–Crippen MR) is 84.3 cm³/mol. The smallest absolute Gasteiger partial charge is 0.242 e. The van der Waals surface area contributed by atoms with Crippen LogP contribution in [-0.4, -0.2) is 73.7 Å². The molecule has 1 N–H and O–H groups in total. The molecule has 122 valence electrons. The molecule has 0 saturated carbocycles. The Morgan fingerprint density at radius 3 is 2.48 bits per heavy atom. The molecular formula is C16H31N3O2. The number of nitrogens with zero attached hydrogens (tertiary/aromatic N) is 2. The van der Waals surface area contributed by atoms with E-state index in [9.17, 15) is 4.79 Å². The summed E-state index contributed by atoms with van der Waals surface area (Å²) in [7, 11) is 0. The zero-order chi connectivity index (χ0) is 15.5. The van der Waals surface area contributed by atoms with Gasteiger partial charge in [-0.15, -0.1) is 0 Å². The van der Waals surface area contributed by atoms with Crippen molar-refractivity contribution in [2.24, 2.45) is 5.41 Å². The Morgan fingerprint density at radius 2 is 1.90 bits per heavy atom. The molecule has 2 atom stereocenters. The second-order valence-electron chi connectivity index (χ2n) is 7.49. The zero-order valence-electron chi connectivity index (χ0n) is 14.0. The van der Waals surface area contributed by atoms with Gasteiger partial charge in [-0.1, -0.05) is 20.8 Å². The van der Waals surface area contributed by atoms with Crippen molar-refractivity contribution in [3.8, 4) is 0 Å². The number of ether oxygens (including phenoxy) is 1. The van der Waals surface area contributed by atoms with Gasteiger partial charge >= 0.3 is 0 Å². The summed E-state index contributed by atoms with van der Waals surface area (Å²) in [6.07, 6.45) is 1.18. The highest BCUT2D eigenvalue weighted by molar-refractivity contribution is 5.82. The second kappa shape index (κ2) is 7.07. The molecule has 5 nitrogen and oxygen atoms in total. The summed E-state index contributed by atoms with van der Waals surface area (Å²) in [6, 6.07) is -0.167. The molecule has 0 radical (unpaired) electrons. The average molecular weight is 297 g/mol. The standard InChI is InChI=1S/C16H31N3O2/c1-13-14(17-6-12-21-13)15(20)19-10-8-18(9-11-19)7-5-16(2,3)4/h13-14,17H,5-12H2,1-4H3/t13-,14+/m1/s1. The molecular weight excluding hydrogens is 266 g/mol. The number of carbonyl (C=O) groups is 1. The summed E-state index contributed by atoms with van der Waals surface area (Å²) >= 11 is 0. The van der Waals surface area contributed by atoms with E-state index in [1.165, 1.54) is 6.42 Å². The molecule has 2 fully saturated rings. The van der Waals surface area contributed by atoms with Crippen LogP contribution in [0.4, 0.5) is 0 Å². The summed E-state index contributed by atoms with van der Waals surface area (Å²) in [6.45, 7) is 15.1. The topological polar surface area (TPSA) is 44.8 Å². The fraction of sp³-hybridized carbons (Fsp3) is 0.938. The quantitative estimate of drug-likeness (QED) is 0.842. The Bertz CT molecular complexity index is 346. The fourth-order valence-corrected chi connectivity index (χ4v) is 2.89. The van der Waals surface area contributed by atoms with E-state index in [4.69, 9.17) is 4.74 Å². The van der Waals surface area contributed by atoms with Gasteiger partial charge in [-0.2, -0.15) is 0 Å². The van der Waals surface area contributed by atoms with Crippen LogP contribution in [0.25, 0.3) is 0 Å². The van der Waals surface area contributed by atoms with E-state index in [2.05, 4.69) is 31.0 Å². The molecule has 0 aromatic heterocycles. The van der Waals surface area contributed by atoms with Gasteiger partial charge in [0.1, 0.15) is 6.04 Å². The van der Waals surface area contributed by atoms with E-state index in [1.54, 1.807) is 0 Å². The lowest BCUT2D eigenvalue weighted by molar-refractivity contribution is -0.141. The van der Waals surface area contributed by atoms with Crippen LogP contribution in [0.2, 0.25) is 0 Å². The van der Waals surface area contributed by atoms with E-state index < -0.39 is 0 Å². The van der Waals surface area contributed by atoms with E-state index >= 15 is 0 Å². The average Bonchev–Trinajstić information content (AvgIpc) is 2.45. The summed E-state index contributed by atoms with van der Waals surface area (Å²) in [5.41, 5.74) is 0.381. The van der Waals surface area contributed by atoms with Crippen molar-refractivity contribution in [1.82, 2.24) is 15.1 Å². The first-order valence-electron chi connectivity index (χ1n) is 8.23. The molecule has 2 saturated heterocycles. The first-order valence-corrected chi connectivity index (χ1v) is 8.23. The molecule has 0 aliphatic carbocycles. The third kappa shape index (κ3) is 4.94. The molecule has 0 unspecified atom stereocenters. The van der Waals surface area contributed by atoms with Gasteiger partial charge in [0.15, 0.2) is 0 Å². The van der Waals surface area contributed by atoms with E-state index in [-0.39, 0.29) is 18.1 Å². The molecule has 0 bridgehead atoms. The van der Waals surface area contributed by atoms with Crippen molar-refractivity contribution < 1.29 is 9.53 Å². The molecule has 21 heavy (non-hydrogen) atoms. The molecule has 0 spiro atoms. The van der Waals surface area contributed by atoms with Crippen LogP contribution in [0, 0.1) is 5.41 Å². The third-order valence-corrected chi connectivity index (χ3v) is 4.44. The number of morpholine rings is 1. The Balaban J connectivity index is 1.76. The van der Waals surface area contributed by atoms with Crippen molar-refractivity contribution in [1.29, 1.82) is 0 Å². The van der Waals surface area contributed by atoms with Crippen LogP contribution < -0.4 is 5.32 Å². The number of carbonyl (C=O) groups excluding carboxylic acids is 1. The fourth-order valence-electron chi connectivity index (χ4n) is 2.89. The third-order valence-electron chi connectivity index (χ3n) is 4.44. The van der Waals surface area contributed by atoms with E-state index in [1.807, 2.05) is 11.8 Å². The summed E-state index contributed by atoms with van der Waals surface area (Å²) in [5, 5.41) is 3.29. The molecule has 5 heteroatoms. The van der Waals surface area contributed by atoms with Crippen LogP contribution in [0.5, 0.6) is 0 Å². The number of amides is 1. The van der Waals surface area contributed by atoms with Gasteiger partial charge in [0.2, 0.25) is 5.91 Å². The summed E-state index contributed by atoms with van der Waals surface area (Å²) in [5.74, 6) is 0.206. The lowest BCUT2D eigenvalue weighted by Gasteiger charge is -2.39. The Morgan fingerprint density at radius 1 is 1.24 bits per heavy atom. The highest BCUT2D eigenvalue weighted by Gasteiger charge is 2.33. The molecule has 2 heterocycles. The minimum Gasteiger partial charge on any atom is -0.375 e. The first kappa shape index (κ1) is 16.7. The van der Waals surface area contributed by atoms with E-state index in [0.29, 0.717) is 12.0 Å². The molecule has 0 aromatic carbocycles. The van der Waals surface area contributed by atoms with Crippen LogP contribution in [-0.2, 0) is 9.53 Å². The van der Waals surface area contributed by atoms with Crippen LogP contribution >= 0.6 is 0 Å². The Labute approximate surface area is 129 Å². The number of hydrogen-bond donors (Lipinski definition) is 1. The monoisotopic (exact) mass is 297 g/mol. The second-order valence-corrected chi connectivity index (χ2v) is 7.49. The van der Waals surface area contributed by atoms with Crippen molar-refractivity contribution in [2.45, 2.75) is 46.3 Å². The summed E-state index contributed by atoms with van der Waals surface area (Å²) < 4.78 is 5.58. The van der Waals surface area contributed by atoms with Crippen LogP contribution in [0.1, 0.15) is 34.1 Å². The largest absolute Gasteiger partial charge is 0.375 e. The number of nitrogens with one attached hydrogen (secondary N) is 1. The van der Waals surface area contributed by atoms with Crippen LogP contribution in [0.15, 0.2) is 0 Å². The Hall–Kier alpha value is -0.650. The predicted octanol–water partition coefficient (Wildman–Crippen LogP) is 0.944. The van der Waals surface area contributed by atoms with E-state index in [0.717, 1.165) is 39.3 Å². The molecule has 2 aliphatic rings. The van der Waals surface area contributed by atoms with Gasteiger partial charge in [-0.3, -0.25) is 9.69 Å². The van der Waals surface area contributed by atoms with Gasteiger partial charge in [0, 0.05) is 32.7 Å².